The van der Waals surface area contributed by atoms with E-state index in [9.17, 15) is 14.7 Å². The monoisotopic (exact) mass is 184 g/mol. The van der Waals surface area contributed by atoms with Gasteiger partial charge in [0.15, 0.2) is 0 Å². The first-order valence-corrected chi connectivity index (χ1v) is 3.52. The van der Waals surface area contributed by atoms with Gasteiger partial charge >= 0.3 is 11.9 Å². The average molecular weight is 184 g/mol. The molecular weight excluding hydrogens is 176 g/mol. The highest BCUT2D eigenvalue weighted by Gasteiger charge is 2.50. The van der Waals surface area contributed by atoms with Crippen LogP contribution in [0.25, 0.3) is 0 Å². The molecule has 0 aromatic heterocycles. The number of hydrogen-bond acceptors (Lipinski definition) is 3. The van der Waals surface area contributed by atoms with Crippen LogP contribution in [0.5, 0.6) is 0 Å². The molecule has 1 aliphatic carbocycles. The summed E-state index contributed by atoms with van der Waals surface area (Å²) in [7, 11) is 0. The van der Waals surface area contributed by atoms with Crippen LogP contribution in [0.4, 0.5) is 0 Å². The summed E-state index contributed by atoms with van der Waals surface area (Å²) in [6, 6.07) is 0. The van der Waals surface area contributed by atoms with Gasteiger partial charge in [-0.1, -0.05) is 24.3 Å². The van der Waals surface area contributed by atoms with Crippen molar-refractivity contribution in [3.05, 3.63) is 24.3 Å². The van der Waals surface area contributed by atoms with Crippen LogP contribution >= 0.6 is 0 Å². The van der Waals surface area contributed by atoms with Crippen molar-refractivity contribution < 1.29 is 24.9 Å². The molecule has 0 aliphatic heterocycles. The summed E-state index contributed by atoms with van der Waals surface area (Å²) in [6.45, 7) is 0. The quantitative estimate of drug-likeness (QED) is 0.509. The van der Waals surface area contributed by atoms with Crippen molar-refractivity contribution in [3.8, 4) is 0 Å². The second-order valence-electron chi connectivity index (χ2n) is 2.67. The summed E-state index contributed by atoms with van der Waals surface area (Å²) in [6.07, 6.45) is 3.24. The van der Waals surface area contributed by atoms with Crippen molar-refractivity contribution in [2.45, 2.75) is 6.10 Å². The molecule has 0 spiro atoms. The zero-order valence-electron chi connectivity index (χ0n) is 6.54. The Balaban J connectivity index is 3.19. The summed E-state index contributed by atoms with van der Waals surface area (Å²) in [5.41, 5.74) is -2.24. The minimum Gasteiger partial charge on any atom is -0.480 e. The average Bonchev–Trinajstić information content (AvgIpc) is 2.04. The molecule has 1 aliphatic rings. The van der Waals surface area contributed by atoms with Crippen LogP contribution in [-0.2, 0) is 9.59 Å². The van der Waals surface area contributed by atoms with Crippen molar-refractivity contribution in [1.82, 2.24) is 0 Å². The summed E-state index contributed by atoms with van der Waals surface area (Å²) in [5, 5.41) is 26.7. The van der Waals surface area contributed by atoms with Crippen molar-refractivity contribution in [3.63, 3.8) is 0 Å². The third-order valence-corrected chi connectivity index (χ3v) is 1.94. The zero-order valence-corrected chi connectivity index (χ0v) is 6.54. The molecule has 0 aromatic carbocycles. The van der Waals surface area contributed by atoms with E-state index < -0.39 is 23.5 Å². The fourth-order valence-corrected chi connectivity index (χ4v) is 1.11. The first-order chi connectivity index (χ1) is 6.01. The van der Waals surface area contributed by atoms with Gasteiger partial charge in [-0.3, -0.25) is 9.59 Å². The molecule has 5 heteroatoms. The molecule has 5 nitrogen and oxygen atoms in total. The molecule has 1 unspecified atom stereocenters. The molecule has 0 bridgehead atoms. The van der Waals surface area contributed by atoms with Crippen LogP contribution in [0.1, 0.15) is 0 Å². The highest BCUT2D eigenvalue weighted by atomic mass is 16.4. The van der Waals surface area contributed by atoms with E-state index in [2.05, 4.69) is 0 Å². The Morgan fingerprint density at radius 3 is 2.00 bits per heavy atom. The van der Waals surface area contributed by atoms with Crippen LogP contribution in [0.2, 0.25) is 0 Å². The number of aliphatic carboxylic acids is 2. The standard InChI is InChI=1S/C8H8O5/c9-5-3-1-2-4-8(5,6(10)11)7(12)13/h1-5,9H,(H,10,11)(H,12,13). The van der Waals surface area contributed by atoms with Gasteiger partial charge in [0.05, 0.1) is 0 Å². The van der Waals surface area contributed by atoms with E-state index in [1.54, 1.807) is 0 Å². The van der Waals surface area contributed by atoms with E-state index in [0.29, 0.717) is 0 Å². The predicted octanol–water partition coefficient (Wildman–Crippen LogP) is -0.371. The highest BCUT2D eigenvalue weighted by Crippen LogP contribution is 2.28. The van der Waals surface area contributed by atoms with Gasteiger partial charge in [0.1, 0.15) is 6.10 Å². The first kappa shape index (κ1) is 9.47. The van der Waals surface area contributed by atoms with Gasteiger partial charge in [-0.25, -0.2) is 0 Å². The topological polar surface area (TPSA) is 94.8 Å². The maximum absolute atomic E-state index is 10.7. The minimum atomic E-state index is -2.24. The lowest BCUT2D eigenvalue weighted by atomic mass is 9.79. The second-order valence-corrected chi connectivity index (χ2v) is 2.67. The number of allylic oxidation sites excluding steroid dienone is 2. The number of carboxylic acids is 2. The second kappa shape index (κ2) is 3.02. The molecule has 0 radical (unpaired) electrons. The number of hydrogen-bond donors (Lipinski definition) is 3. The van der Waals surface area contributed by atoms with E-state index >= 15 is 0 Å². The van der Waals surface area contributed by atoms with E-state index in [0.717, 1.165) is 12.2 Å². The highest BCUT2D eigenvalue weighted by molar-refractivity contribution is 6.02. The maximum atomic E-state index is 10.7. The maximum Gasteiger partial charge on any atom is 0.328 e. The van der Waals surface area contributed by atoms with E-state index in [4.69, 9.17) is 10.2 Å². The number of carbonyl (C=O) groups is 2. The van der Waals surface area contributed by atoms with Crippen LogP contribution in [0, 0.1) is 5.41 Å². The third-order valence-electron chi connectivity index (χ3n) is 1.94. The summed E-state index contributed by atoms with van der Waals surface area (Å²) in [5.74, 6) is -3.15. The van der Waals surface area contributed by atoms with Gasteiger partial charge in [0.2, 0.25) is 5.41 Å². The van der Waals surface area contributed by atoms with Gasteiger partial charge in [-0.05, 0) is 0 Å². The molecule has 0 amide bonds. The van der Waals surface area contributed by atoms with Crippen molar-refractivity contribution in [2.24, 2.45) is 5.41 Å². The Hall–Kier alpha value is -1.62. The fourth-order valence-electron chi connectivity index (χ4n) is 1.11. The third kappa shape index (κ3) is 1.23. The van der Waals surface area contributed by atoms with Gasteiger partial charge in [-0.15, -0.1) is 0 Å². The van der Waals surface area contributed by atoms with Gasteiger partial charge in [-0.2, -0.15) is 0 Å². The lowest BCUT2D eigenvalue weighted by Crippen LogP contribution is -2.47. The van der Waals surface area contributed by atoms with E-state index in [-0.39, 0.29) is 0 Å². The van der Waals surface area contributed by atoms with Gasteiger partial charge in [0, 0.05) is 0 Å². The smallest absolute Gasteiger partial charge is 0.328 e. The summed E-state index contributed by atoms with van der Waals surface area (Å²) in [4.78, 5) is 21.4. The van der Waals surface area contributed by atoms with E-state index in [1.165, 1.54) is 12.2 Å². The molecule has 0 heterocycles. The van der Waals surface area contributed by atoms with Gasteiger partial charge < -0.3 is 15.3 Å². The lowest BCUT2D eigenvalue weighted by Gasteiger charge is -2.26. The normalized spacial score (nSPS) is 24.2. The van der Waals surface area contributed by atoms with Crippen molar-refractivity contribution in [1.29, 1.82) is 0 Å². The molecule has 0 fully saturated rings. The van der Waals surface area contributed by atoms with E-state index in [1.807, 2.05) is 0 Å². The van der Waals surface area contributed by atoms with Gasteiger partial charge in [0.25, 0.3) is 0 Å². The molecule has 70 valence electrons. The minimum absolute atomic E-state index is 0.961. The lowest BCUT2D eigenvalue weighted by molar-refractivity contribution is -0.166. The fraction of sp³-hybridized carbons (Fsp3) is 0.250. The molecule has 0 aromatic rings. The number of rotatable bonds is 2. The van der Waals surface area contributed by atoms with Crippen molar-refractivity contribution in [2.75, 3.05) is 0 Å². The number of aliphatic hydroxyl groups is 1. The van der Waals surface area contributed by atoms with Crippen LogP contribution < -0.4 is 0 Å². The number of carboxylic acid groups (broad SMARTS) is 2. The Morgan fingerprint density at radius 2 is 1.69 bits per heavy atom. The Labute approximate surface area is 73.6 Å². The Morgan fingerprint density at radius 1 is 1.15 bits per heavy atom. The molecular formula is C8H8O5. The Bertz CT molecular complexity index is 288. The Kier molecular flexibility index (Phi) is 2.20. The molecule has 3 N–H and O–H groups in total. The molecule has 0 saturated heterocycles. The molecule has 13 heavy (non-hydrogen) atoms. The van der Waals surface area contributed by atoms with Crippen molar-refractivity contribution >= 4 is 11.9 Å². The summed E-state index contributed by atoms with van der Waals surface area (Å²) >= 11 is 0. The molecule has 1 rings (SSSR count). The van der Waals surface area contributed by atoms with Crippen LogP contribution in [0.15, 0.2) is 24.3 Å². The zero-order chi connectivity index (χ0) is 10.1. The number of aliphatic hydroxyl groups excluding tert-OH is 1. The predicted molar refractivity (Wildman–Crippen MR) is 42.0 cm³/mol. The summed E-state index contributed by atoms with van der Waals surface area (Å²) < 4.78 is 0. The molecule has 0 saturated carbocycles. The van der Waals surface area contributed by atoms with Crippen LogP contribution in [0.3, 0.4) is 0 Å². The molecule has 1 atom stereocenters. The first-order valence-electron chi connectivity index (χ1n) is 3.52. The largest absolute Gasteiger partial charge is 0.480 e. The van der Waals surface area contributed by atoms with Crippen LogP contribution in [-0.4, -0.2) is 33.4 Å². The SMILES string of the molecule is O=C(O)C1(C(=O)O)C=CC=CC1O.